The van der Waals surface area contributed by atoms with Crippen molar-refractivity contribution in [1.29, 1.82) is 0 Å². The molecule has 1 aromatic carbocycles. The molecule has 0 unspecified atom stereocenters. The third-order valence-corrected chi connectivity index (χ3v) is 6.77. The van der Waals surface area contributed by atoms with Gasteiger partial charge in [-0.25, -0.2) is 0 Å². The maximum Gasteiger partial charge on any atom is 0.0843 e. The summed E-state index contributed by atoms with van der Waals surface area (Å²) >= 11 is 2.44. The van der Waals surface area contributed by atoms with Gasteiger partial charge in [-0.05, 0) is 23.3 Å². The van der Waals surface area contributed by atoms with Gasteiger partial charge in [0.05, 0.1) is 8.07 Å². The first-order chi connectivity index (χ1) is 7.67. The van der Waals surface area contributed by atoms with Crippen molar-refractivity contribution in [1.82, 2.24) is 0 Å². The smallest absolute Gasteiger partial charge is 0.0843 e. The van der Waals surface area contributed by atoms with E-state index in [1.54, 1.807) is 5.19 Å². The fraction of sp³-hybridized carbons (Fsp3) is 0.429. The summed E-state index contributed by atoms with van der Waals surface area (Å²) in [7, 11) is -1.23. The van der Waals surface area contributed by atoms with E-state index in [9.17, 15) is 0 Å². The Balaban J connectivity index is 2.49. The van der Waals surface area contributed by atoms with E-state index in [4.69, 9.17) is 0 Å². The molecule has 0 aliphatic rings. The molecule has 0 saturated heterocycles. The Bertz CT molecular complexity index is 317. The summed E-state index contributed by atoms with van der Waals surface area (Å²) in [5.74, 6) is 0. The zero-order chi connectivity index (χ0) is 11.9. The van der Waals surface area contributed by atoms with Crippen LogP contribution in [0.3, 0.4) is 0 Å². The van der Waals surface area contributed by atoms with Gasteiger partial charge in [0.15, 0.2) is 0 Å². The number of hydrogen-bond acceptors (Lipinski definition) is 0. The Morgan fingerprint density at radius 1 is 1.12 bits per heavy atom. The average Bonchev–Trinajstić information content (AvgIpc) is 2.30. The summed E-state index contributed by atoms with van der Waals surface area (Å²) in [4.78, 5) is 0. The third-order valence-electron chi connectivity index (χ3n) is 2.85. The van der Waals surface area contributed by atoms with Crippen LogP contribution in [0.5, 0.6) is 0 Å². The van der Waals surface area contributed by atoms with Crippen molar-refractivity contribution in [2.75, 3.05) is 4.43 Å². The molecule has 0 fully saturated rings. The van der Waals surface area contributed by atoms with Crippen molar-refractivity contribution >= 4 is 35.9 Å². The Morgan fingerprint density at radius 2 is 1.81 bits per heavy atom. The molecule has 0 bridgehead atoms. The molecule has 0 aliphatic carbocycles. The van der Waals surface area contributed by atoms with E-state index in [1.165, 1.54) is 23.3 Å². The number of unbranched alkanes of at least 4 members (excludes halogenated alkanes) is 1. The minimum atomic E-state index is -1.23. The maximum atomic E-state index is 2.45. The van der Waals surface area contributed by atoms with Crippen LogP contribution in [0, 0.1) is 0 Å². The zero-order valence-corrected chi connectivity index (χ0v) is 13.4. The van der Waals surface area contributed by atoms with Crippen LogP contribution in [0.2, 0.25) is 19.1 Å². The molecule has 1 aromatic rings. The largest absolute Gasteiger partial charge is 0.0909 e. The van der Waals surface area contributed by atoms with E-state index in [1.807, 2.05) is 0 Å². The molecule has 0 amide bonds. The second-order valence-electron chi connectivity index (χ2n) is 4.76. The topological polar surface area (TPSA) is 0 Å². The van der Waals surface area contributed by atoms with E-state index in [0.29, 0.717) is 0 Å². The SMILES string of the molecule is C[Si](C)(C/C=C/CCCI)c1ccccc1. The lowest BCUT2D eigenvalue weighted by atomic mass is 10.3. The van der Waals surface area contributed by atoms with Crippen molar-refractivity contribution in [3.05, 3.63) is 42.5 Å². The molecule has 0 N–H and O–H groups in total. The second-order valence-corrected chi connectivity index (χ2v) is 10.6. The van der Waals surface area contributed by atoms with E-state index in [0.717, 1.165) is 0 Å². The first-order valence-corrected chi connectivity index (χ1v) is 10.7. The molecule has 0 aliphatic heterocycles. The molecule has 0 heterocycles. The Labute approximate surface area is 114 Å². The van der Waals surface area contributed by atoms with Crippen LogP contribution in [0.4, 0.5) is 0 Å². The molecule has 0 spiro atoms. The Kier molecular flexibility index (Phi) is 6.35. The number of benzene rings is 1. The monoisotopic (exact) mass is 344 g/mol. The number of allylic oxidation sites excluding steroid dienone is 2. The van der Waals surface area contributed by atoms with E-state index in [-0.39, 0.29) is 0 Å². The molecule has 2 heteroatoms. The van der Waals surface area contributed by atoms with Crippen molar-refractivity contribution in [3.8, 4) is 0 Å². The maximum absolute atomic E-state index is 2.45. The number of rotatable bonds is 6. The number of alkyl halides is 1. The summed E-state index contributed by atoms with van der Waals surface area (Å²) in [6.07, 6.45) is 7.30. The van der Waals surface area contributed by atoms with E-state index < -0.39 is 8.07 Å². The predicted molar refractivity (Wildman–Crippen MR) is 85.6 cm³/mol. The van der Waals surface area contributed by atoms with Crippen LogP contribution in [0.15, 0.2) is 42.5 Å². The van der Waals surface area contributed by atoms with Crippen molar-refractivity contribution < 1.29 is 0 Å². The molecule has 1 rings (SSSR count). The van der Waals surface area contributed by atoms with Gasteiger partial charge in [0.2, 0.25) is 0 Å². The summed E-state index contributed by atoms with van der Waals surface area (Å²) in [6, 6.07) is 12.2. The molecular formula is C14H21ISi. The molecule has 16 heavy (non-hydrogen) atoms. The van der Waals surface area contributed by atoms with Crippen molar-refractivity contribution in [2.45, 2.75) is 32.0 Å². The van der Waals surface area contributed by atoms with Crippen LogP contribution in [-0.4, -0.2) is 12.5 Å². The van der Waals surface area contributed by atoms with Crippen LogP contribution in [0.25, 0.3) is 0 Å². The highest BCUT2D eigenvalue weighted by Crippen LogP contribution is 2.11. The minimum Gasteiger partial charge on any atom is -0.0909 e. The van der Waals surface area contributed by atoms with Gasteiger partial charge in [-0.3, -0.25) is 0 Å². The summed E-state index contributed by atoms with van der Waals surface area (Å²) in [5.41, 5.74) is 0. The molecule has 0 saturated carbocycles. The van der Waals surface area contributed by atoms with Crippen molar-refractivity contribution in [3.63, 3.8) is 0 Å². The van der Waals surface area contributed by atoms with Gasteiger partial charge in [0, 0.05) is 0 Å². The van der Waals surface area contributed by atoms with Gasteiger partial charge in [0.25, 0.3) is 0 Å². The number of halogens is 1. The average molecular weight is 344 g/mol. The standard InChI is InChI=1S/C14H21ISi/c1-16(2,13-9-4-3-8-12-15)14-10-6-5-7-11-14/h4-7,9-11H,3,8,12-13H2,1-2H3/b9-4+. The van der Waals surface area contributed by atoms with Gasteiger partial charge in [-0.1, -0.05) is 83.4 Å². The first-order valence-electron chi connectivity index (χ1n) is 5.93. The zero-order valence-electron chi connectivity index (χ0n) is 10.2. The fourth-order valence-electron chi connectivity index (χ4n) is 1.70. The molecule has 88 valence electrons. The summed E-state index contributed by atoms with van der Waals surface area (Å²) in [6.45, 7) is 4.90. The van der Waals surface area contributed by atoms with E-state index >= 15 is 0 Å². The van der Waals surface area contributed by atoms with Gasteiger partial charge in [-0.2, -0.15) is 0 Å². The predicted octanol–water partition coefficient (Wildman–Crippen LogP) is 4.37. The lowest BCUT2D eigenvalue weighted by Gasteiger charge is -2.20. The first kappa shape index (κ1) is 14.0. The van der Waals surface area contributed by atoms with Gasteiger partial charge >= 0.3 is 0 Å². The number of hydrogen-bond donors (Lipinski definition) is 0. The minimum absolute atomic E-state index is 1.23. The third kappa shape index (κ3) is 4.83. The normalized spacial score (nSPS) is 12.2. The van der Waals surface area contributed by atoms with Crippen LogP contribution in [0.1, 0.15) is 12.8 Å². The molecule has 0 aromatic heterocycles. The fourth-order valence-corrected chi connectivity index (χ4v) is 4.22. The molecular weight excluding hydrogens is 323 g/mol. The van der Waals surface area contributed by atoms with E-state index in [2.05, 4.69) is 78.2 Å². The highest BCUT2D eigenvalue weighted by atomic mass is 127. The van der Waals surface area contributed by atoms with Crippen LogP contribution < -0.4 is 5.19 Å². The van der Waals surface area contributed by atoms with Crippen LogP contribution in [-0.2, 0) is 0 Å². The lowest BCUT2D eigenvalue weighted by molar-refractivity contribution is 0.984. The quantitative estimate of drug-likeness (QED) is 0.236. The summed E-state index contributed by atoms with van der Waals surface area (Å²) < 4.78 is 1.27. The molecule has 0 nitrogen and oxygen atoms in total. The molecule has 0 atom stereocenters. The van der Waals surface area contributed by atoms with Crippen LogP contribution >= 0.6 is 22.6 Å². The Hall–Kier alpha value is -0.0931. The highest BCUT2D eigenvalue weighted by Gasteiger charge is 2.20. The van der Waals surface area contributed by atoms with Gasteiger partial charge < -0.3 is 0 Å². The second kappa shape index (κ2) is 7.28. The highest BCUT2D eigenvalue weighted by molar-refractivity contribution is 14.1. The molecule has 0 radical (unpaired) electrons. The van der Waals surface area contributed by atoms with Gasteiger partial charge in [-0.15, -0.1) is 0 Å². The lowest BCUT2D eigenvalue weighted by Crippen LogP contribution is -2.40. The summed E-state index contributed by atoms with van der Waals surface area (Å²) in [5, 5.41) is 1.56. The van der Waals surface area contributed by atoms with Gasteiger partial charge in [0.1, 0.15) is 0 Å². The van der Waals surface area contributed by atoms with Crippen molar-refractivity contribution in [2.24, 2.45) is 0 Å². The Morgan fingerprint density at radius 3 is 2.44 bits per heavy atom.